The number of halogens is 3. The molecule has 0 aliphatic heterocycles. The molecular weight excluding hydrogens is 367 g/mol. The summed E-state index contributed by atoms with van der Waals surface area (Å²) >= 11 is 0. The van der Waals surface area contributed by atoms with Crippen molar-refractivity contribution in [2.24, 2.45) is 0 Å². The Balaban J connectivity index is 1.42. The fourth-order valence-electron chi connectivity index (χ4n) is 3.12. The van der Waals surface area contributed by atoms with E-state index in [4.69, 9.17) is 0 Å². The number of hydrogen-bond acceptors (Lipinski definition) is 2. The molecular formula is C21H16F3N3O. The molecule has 2 heterocycles. The van der Waals surface area contributed by atoms with E-state index >= 15 is 0 Å². The lowest BCUT2D eigenvalue weighted by Crippen LogP contribution is -2.24. The van der Waals surface area contributed by atoms with Gasteiger partial charge >= 0.3 is 6.18 Å². The molecule has 4 aromatic rings. The molecule has 0 fully saturated rings. The number of hydrogen-bond donors (Lipinski definition) is 2. The van der Waals surface area contributed by atoms with Gasteiger partial charge in [0.1, 0.15) is 5.65 Å². The summed E-state index contributed by atoms with van der Waals surface area (Å²) in [4.78, 5) is 19.8. The Morgan fingerprint density at radius 1 is 1.00 bits per heavy atom. The molecule has 0 saturated carbocycles. The minimum Gasteiger partial charge on any atom is -0.352 e. The van der Waals surface area contributed by atoms with Gasteiger partial charge in [-0.3, -0.25) is 4.79 Å². The van der Waals surface area contributed by atoms with Crippen LogP contribution in [0.25, 0.3) is 21.9 Å². The monoisotopic (exact) mass is 383 g/mol. The highest BCUT2D eigenvalue weighted by Crippen LogP contribution is 2.29. The quantitative estimate of drug-likeness (QED) is 0.541. The van der Waals surface area contributed by atoms with Crippen molar-refractivity contribution in [3.8, 4) is 0 Å². The number of fused-ring (bicyclic) bond motifs is 3. The van der Waals surface area contributed by atoms with Crippen LogP contribution in [0.2, 0.25) is 0 Å². The second kappa shape index (κ2) is 6.99. The SMILES string of the molecule is O=C(Cc1ccc(C(F)(F)F)cc1)NCc1cnc2[nH]c3ccccc3c2c1. The first-order chi connectivity index (χ1) is 13.4. The van der Waals surface area contributed by atoms with Gasteiger partial charge in [-0.15, -0.1) is 0 Å². The van der Waals surface area contributed by atoms with Crippen LogP contribution in [0.1, 0.15) is 16.7 Å². The third kappa shape index (κ3) is 3.69. The highest BCUT2D eigenvalue weighted by molar-refractivity contribution is 6.05. The van der Waals surface area contributed by atoms with Gasteiger partial charge in [0.25, 0.3) is 0 Å². The molecule has 142 valence electrons. The van der Waals surface area contributed by atoms with Gasteiger partial charge in [-0.2, -0.15) is 13.2 Å². The van der Waals surface area contributed by atoms with E-state index in [9.17, 15) is 18.0 Å². The predicted octanol–water partition coefficient (Wildman–Crippen LogP) is 4.59. The van der Waals surface area contributed by atoms with Crippen LogP contribution in [-0.4, -0.2) is 15.9 Å². The van der Waals surface area contributed by atoms with Crippen molar-refractivity contribution in [2.45, 2.75) is 19.1 Å². The van der Waals surface area contributed by atoms with Crippen molar-refractivity contribution in [1.82, 2.24) is 15.3 Å². The number of para-hydroxylation sites is 1. The average Bonchev–Trinajstić information content (AvgIpc) is 3.04. The molecule has 0 saturated heterocycles. The van der Waals surface area contributed by atoms with E-state index in [1.54, 1.807) is 6.20 Å². The Labute approximate surface area is 158 Å². The van der Waals surface area contributed by atoms with Gasteiger partial charge in [-0.25, -0.2) is 4.98 Å². The molecule has 2 N–H and O–H groups in total. The molecule has 0 radical (unpaired) electrons. The minimum atomic E-state index is -4.38. The van der Waals surface area contributed by atoms with E-state index < -0.39 is 11.7 Å². The normalized spacial score (nSPS) is 11.8. The first-order valence-corrected chi connectivity index (χ1v) is 8.68. The number of pyridine rings is 1. The molecule has 0 aliphatic rings. The molecule has 1 amide bonds. The zero-order valence-corrected chi connectivity index (χ0v) is 14.7. The number of nitrogens with zero attached hydrogens (tertiary/aromatic N) is 1. The van der Waals surface area contributed by atoms with E-state index in [0.29, 0.717) is 12.1 Å². The van der Waals surface area contributed by atoms with Gasteiger partial charge < -0.3 is 10.3 Å². The molecule has 0 aliphatic carbocycles. The van der Waals surface area contributed by atoms with Crippen LogP contribution in [0, 0.1) is 0 Å². The molecule has 2 aromatic heterocycles. The molecule has 0 unspecified atom stereocenters. The van der Waals surface area contributed by atoms with Crippen molar-refractivity contribution in [2.75, 3.05) is 0 Å². The smallest absolute Gasteiger partial charge is 0.352 e. The predicted molar refractivity (Wildman–Crippen MR) is 101 cm³/mol. The molecule has 2 aromatic carbocycles. The topological polar surface area (TPSA) is 57.8 Å². The van der Waals surface area contributed by atoms with Crippen LogP contribution >= 0.6 is 0 Å². The lowest BCUT2D eigenvalue weighted by Gasteiger charge is -2.08. The van der Waals surface area contributed by atoms with Gasteiger partial charge in [0.2, 0.25) is 5.91 Å². The molecule has 4 rings (SSSR count). The summed E-state index contributed by atoms with van der Waals surface area (Å²) in [5, 5.41) is 4.82. The van der Waals surface area contributed by atoms with E-state index in [0.717, 1.165) is 39.6 Å². The number of aromatic nitrogens is 2. The van der Waals surface area contributed by atoms with Gasteiger partial charge in [0.15, 0.2) is 0 Å². The second-order valence-electron chi connectivity index (χ2n) is 6.56. The Morgan fingerprint density at radius 3 is 2.50 bits per heavy atom. The Hall–Kier alpha value is -3.35. The summed E-state index contributed by atoms with van der Waals surface area (Å²) in [6, 6.07) is 14.5. The first-order valence-electron chi connectivity index (χ1n) is 8.68. The summed E-state index contributed by atoms with van der Waals surface area (Å²) in [5.74, 6) is -0.265. The van der Waals surface area contributed by atoms with Crippen molar-refractivity contribution >= 4 is 27.8 Å². The third-order valence-electron chi connectivity index (χ3n) is 4.55. The highest BCUT2D eigenvalue weighted by atomic mass is 19.4. The zero-order chi connectivity index (χ0) is 19.7. The number of rotatable bonds is 4. The molecule has 0 spiro atoms. The maximum Gasteiger partial charge on any atom is 0.416 e. The Bertz CT molecular complexity index is 1150. The standard InChI is InChI=1S/C21H16F3N3O/c22-21(23,24)15-7-5-13(6-8-15)10-19(28)25-11-14-9-17-16-3-1-2-4-18(16)27-20(17)26-12-14/h1-9,12H,10-11H2,(H,25,28)(H,26,27). The van der Waals surface area contributed by atoms with E-state index in [1.165, 1.54) is 12.1 Å². The summed E-state index contributed by atoms with van der Waals surface area (Å²) in [6.45, 7) is 0.294. The number of aromatic amines is 1. The van der Waals surface area contributed by atoms with Crippen molar-refractivity contribution in [3.63, 3.8) is 0 Å². The van der Waals surface area contributed by atoms with Crippen LogP contribution < -0.4 is 5.32 Å². The Morgan fingerprint density at radius 2 is 1.75 bits per heavy atom. The van der Waals surface area contributed by atoms with E-state index in [2.05, 4.69) is 15.3 Å². The summed E-state index contributed by atoms with van der Waals surface area (Å²) < 4.78 is 37.8. The minimum absolute atomic E-state index is 0.0148. The molecule has 7 heteroatoms. The number of nitrogens with one attached hydrogen (secondary N) is 2. The number of benzene rings is 2. The summed E-state index contributed by atoms with van der Waals surface area (Å²) in [6.07, 6.45) is -2.67. The number of carbonyl (C=O) groups is 1. The lowest BCUT2D eigenvalue weighted by molar-refractivity contribution is -0.137. The highest BCUT2D eigenvalue weighted by Gasteiger charge is 2.29. The van der Waals surface area contributed by atoms with Crippen molar-refractivity contribution in [1.29, 1.82) is 0 Å². The molecule has 0 bridgehead atoms. The molecule has 28 heavy (non-hydrogen) atoms. The second-order valence-corrected chi connectivity index (χ2v) is 6.56. The number of alkyl halides is 3. The first kappa shape index (κ1) is 18.0. The largest absolute Gasteiger partial charge is 0.416 e. The molecule has 4 nitrogen and oxygen atoms in total. The van der Waals surface area contributed by atoms with Crippen LogP contribution in [0.3, 0.4) is 0 Å². The van der Waals surface area contributed by atoms with Crippen LogP contribution in [-0.2, 0) is 23.9 Å². The average molecular weight is 383 g/mol. The van der Waals surface area contributed by atoms with E-state index in [-0.39, 0.29) is 12.3 Å². The van der Waals surface area contributed by atoms with Crippen LogP contribution in [0.5, 0.6) is 0 Å². The fourth-order valence-corrected chi connectivity index (χ4v) is 3.12. The zero-order valence-electron chi connectivity index (χ0n) is 14.7. The number of H-pyrrole nitrogens is 1. The van der Waals surface area contributed by atoms with Crippen LogP contribution in [0.15, 0.2) is 60.8 Å². The fraction of sp³-hybridized carbons (Fsp3) is 0.143. The van der Waals surface area contributed by atoms with E-state index in [1.807, 2.05) is 30.3 Å². The third-order valence-corrected chi connectivity index (χ3v) is 4.55. The lowest BCUT2D eigenvalue weighted by atomic mass is 10.1. The molecule has 0 atom stereocenters. The number of carbonyl (C=O) groups excluding carboxylic acids is 1. The maximum absolute atomic E-state index is 12.6. The maximum atomic E-state index is 12.6. The van der Waals surface area contributed by atoms with Gasteiger partial charge in [-0.05, 0) is 35.4 Å². The van der Waals surface area contributed by atoms with Crippen LogP contribution in [0.4, 0.5) is 13.2 Å². The van der Waals surface area contributed by atoms with Gasteiger partial charge in [0, 0.05) is 29.0 Å². The van der Waals surface area contributed by atoms with Gasteiger partial charge in [0.05, 0.1) is 12.0 Å². The summed E-state index contributed by atoms with van der Waals surface area (Å²) in [5.41, 5.74) is 2.41. The number of amides is 1. The van der Waals surface area contributed by atoms with Gasteiger partial charge in [-0.1, -0.05) is 30.3 Å². The van der Waals surface area contributed by atoms with Crippen molar-refractivity contribution in [3.05, 3.63) is 77.5 Å². The van der Waals surface area contributed by atoms with Crippen molar-refractivity contribution < 1.29 is 18.0 Å². The Kier molecular flexibility index (Phi) is 4.50. The summed E-state index contributed by atoms with van der Waals surface area (Å²) in [7, 11) is 0.